The van der Waals surface area contributed by atoms with E-state index in [9.17, 15) is 4.79 Å². The Kier molecular flexibility index (Phi) is 3.38. The van der Waals surface area contributed by atoms with Gasteiger partial charge in [0.1, 0.15) is 0 Å². The van der Waals surface area contributed by atoms with Crippen molar-refractivity contribution in [3.05, 3.63) is 35.9 Å². The first-order valence-corrected chi connectivity index (χ1v) is 5.63. The lowest BCUT2D eigenvalue weighted by Crippen LogP contribution is -2.31. The van der Waals surface area contributed by atoms with Crippen molar-refractivity contribution in [2.24, 2.45) is 0 Å². The molecule has 2 heteroatoms. The summed E-state index contributed by atoms with van der Waals surface area (Å²) in [5.74, 6) is 0.172. The second-order valence-electron chi connectivity index (χ2n) is 4.00. The number of benzene rings is 1. The third-order valence-electron chi connectivity index (χ3n) is 2.86. The van der Waals surface area contributed by atoms with Crippen LogP contribution in [-0.2, 0) is 0 Å². The second-order valence-corrected chi connectivity index (χ2v) is 4.00. The van der Waals surface area contributed by atoms with Crippen LogP contribution in [0.2, 0.25) is 0 Å². The summed E-state index contributed by atoms with van der Waals surface area (Å²) in [6.45, 7) is 1.83. The average Bonchev–Trinajstić information content (AvgIpc) is 2.58. The molecule has 1 aliphatic heterocycles. The number of hydrogen-bond acceptors (Lipinski definition) is 1. The molecule has 1 aliphatic rings. The van der Waals surface area contributed by atoms with Crippen molar-refractivity contribution in [3.8, 4) is 0 Å². The van der Waals surface area contributed by atoms with Gasteiger partial charge in [0, 0.05) is 18.7 Å². The van der Waals surface area contributed by atoms with Crippen molar-refractivity contribution in [2.45, 2.75) is 25.7 Å². The van der Waals surface area contributed by atoms with Crippen molar-refractivity contribution in [1.29, 1.82) is 0 Å². The first-order valence-electron chi connectivity index (χ1n) is 5.63. The molecule has 1 aromatic carbocycles. The van der Waals surface area contributed by atoms with E-state index < -0.39 is 0 Å². The molecule has 15 heavy (non-hydrogen) atoms. The lowest BCUT2D eigenvalue weighted by atomic mass is 10.2. The summed E-state index contributed by atoms with van der Waals surface area (Å²) >= 11 is 0. The predicted octanol–water partition coefficient (Wildman–Crippen LogP) is 2.50. The van der Waals surface area contributed by atoms with Gasteiger partial charge in [-0.05, 0) is 31.0 Å². The fourth-order valence-corrected chi connectivity index (χ4v) is 1.99. The molecular weight excluding hydrogens is 186 g/mol. The zero-order chi connectivity index (χ0) is 10.5. The first kappa shape index (κ1) is 10.2. The minimum atomic E-state index is 0.172. The SMILES string of the molecule is O=C(c1cc[c]cc1)N1CCCCCC1. The Morgan fingerprint density at radius 1 is 1.07 bits per heavy atom. The molecule has 0 saturated carbocycles. The zero-order valence-corrected chi connectivity index (χ0v) is 8.91. The van der Waals surface area contributed by atoms with Crippen LogP contribution < -0.4 is 0 Å². The van der Waals surface area contributed by atoms with E-state index in [1.165, 1.54) is 12.8 Å². The van der Waals surface area contributed by atoms with Gasteiger partial charge in [-0.1, -0.05) is 25.0 Å². The Bertz CT molecular complexity index is 313. The lowest BCUT2D eigenvalue weighted by molar-refractivity contribution is 0.0761. The number of nitrogens with zero attached hydrogens (tertiary/aromatic N) is 1. The summed E-state index contributed by atoms with van der Waals surface area (Å²) < 4.78 is 0. The molecule has 0 aliphatic carbocycles. The maximum absolute atomic E-state index is 12.1. The van der Waals surface area contributed by atoms with E-state index in [2.05, 4.69) is 6.07 Å². The van der Waals surface area contributed by atoms with Crippen molar-refractivity contribution >= 4 is 5.91 Å². The van der Waals surface area contributed by atoms with E-state index in [0.717, 1.165) is 31.5 Å². The van der Waals surface area contributed by atoms with Gasteiger partial charge in [-0.25, -0.2) is 0 Å². The van der Waals surface area contributed by atoms with Crippen LogP contribution in [0, 0.1) is 6.07 Å². The van der Waals surface area contributed by atoms with Crippen LogP contribution in [0.3, 0.4) is 0 Å². The number of amides is 1. The minimum absolute atomic E-state index is 0.172. The Morgan fingerprint density at radius 2 is 1.67 bits per heavy atom. The molecule has 1 aromatic rings. The van der Waals surface area contributed by atoms with E-state index in [1.807, 2.05) is 17.0 Å². The predicted molar refractivity (Wildman–Crippen MR) is 59.6 cm³/mol. The molecule has 1 amide bonds. The standard InChI is InChI=1S/C13H16NO/c15-13(12-8-4-3-5-9-12)14-10-6-1-2-7-11-14/h4-5,8-9H,1-2,6-7,10-11H2. The highest BCUT2D eigenvalue weighted by atomic mass is 16.2. The van der Waals surface area contributed by atoms with E-state index >= 15 is 0 Å². The van der Waals surface area contributed by atoms with Gasteiger partial charge in [-0.15, -0.1) is 0 Å². The van der Waals surface area contributed by atoms with Gasteiger partial charge >= 0.3 is 0 Å². The summed E-state index contributed by atoms with van der Waals surface area (Å²) in [5.41, 5.74) is 0.788. The van der Waals surface area contributed by atoms with Gasteiger partial charge in [-0.2, -0.15) is 0 Å². The molecule has 0 unspecified atom stereocenters. The summed E-state index contributed by atoms with van der Waals surface area (Å²) in [6.07, 6.45) is 4.80. The van der Waals surface area contributed by atoms with E-state index in [1.54, 1.807) is 12.1 Å². The van der Waals surface area contributed by atoms with Gasteiger partial charge < -0.3 is 4.90 Å². The number of carbonyl (C=O) groups excluding carboxylic acids is 1. The molecule has 0 bridgehead atoms. The Hall–Kier alpha value is -1.31. The molecule has 1 fully saturated rings. The monoisotopic (exact) mass is 202 g/mol. The van der Waals surface area contributed by atoms with Crippen LogP contribution in [0.4, 0.5) is 0 Å². The maximum Gasteiger partial charge on any atom is 0.253 e. The van der Waals surface area contributed by atoms with Gasteiger partial charge in [0.2, 0.25) is 0 Å². The normalized spacial score (nSPS) is 17.2. The molecule has 1 heterocycles. The topological polar surface area (TPSA) is 20.3 Å². The van der Waals surface area contributed by atoms with E-state index in [-0.39, 0.29) is 5.91 Å². The van der Waals surface area contributed by atoms with Crippen LogP contribution in [0.5, 0.6) is 0 Å². The molecule has 79 valence electrons. The second kappa shape index (κ2) is 4.96. The molecule has 1 saturated heterocycles. The molecule has 0 atom stereocenters. The molecule has 0 aromatic heterocycles. The number of carbonyl (C=O) groups is 1. The number of rotatable bonds is 1. The Morgan fingerprint density at radius 3 is 2.27 bits per heavy atom. The minimum Gasteiger partial charge on any atom is -0.339 e. The third-order valence-corrected chi connectivity index (χ3v) is 2.86. The molecule has 2 nitrogen and oxygen atoms in total. The van der Waals surface area contributed by atoms with Crippen molar-refractivity contribution < 1.29 is 4.79 Å². The fraction of sp³-hybridized carbons (Fsp3) is 0.462. The highest BCUT2D eigenvalue weighted by Gasteiger charge is 2.16. The Balaban J connectivity index is 2.06. The smallest absolute Gasteiger partial charge is 0.253 e. The molecule has 0 N–H and O–H groups in total. The number of likely N-dealkylation sites (tertiary alicyclic amines) is 1. The van der Waals surface area contributed by atoms with Crippen molar-refractivity contribution in [3.63, 3.8) is 0 Å². The van der Waals surface area contributed by atoms with Gasteiger partial charge in [0.05, 0.1) is 0 Å². The quantitative estimate of drug-likeness (QED) is 0.685. The van der Waals surface area contributed by atoms with Crippen molar-refractivity contribution in [1.82, 2.24) is 4.90 Å². The Labute approximate surface area is 90.9 Å². The average molecular weight is 202 g/mol. The van der Waals surface area contributed by atoms with Crippen LogP contribution in [0.1, 0.15) is 36.0 Å². The fourth-order valence-electron chi connectivity index (χ4n) is 1.99. The maximum atomic E-state index is 12.1. The molecule has 0 spiro atoms. The van der Waals surface area contributed by atoms with Crippen LogP contribution in [-0.4, -0.2) is 23.9 Å². The van der Waals surface area contributed by atoms with Crippen LogP contribution in [0.25, 0.3) is 0 Å². The van der Waals surface area contributed by atoms with Gasteiger partial charge in [0.15, 0.2) is 0 Å². The first-order chi connectivity index (χ1) is 7.38. The van der Waals surface area contributed by atoms with E-state index in [0.29, 0.717) is 0 Å². The molecule has 1 radical (unpaired) electrons. The zero-order valence-electron chi connectivity index (χ0n) is 8.91. The summed E-state index contributed by atoms with van der Waals surface area (Å²) in [7, 11) is 0. The summed E-state index contributed by atoms with van der Waals surface area (Å²) in [4.78, 5) is 14.0. The summed E-state index contributed by atoms with van der Waals surface area (Å²) in [6, 6.07) is 10.2. The lowest BCUT2D eigenvalue weighted by Gasteiger charge is -2.20. The van der Waals surface area contributed by atoms with Crippen LogP contribution in [0.15, 0.2) is 24.3 Å². The highest BCUT2D eigenvalue weighted by molar-refractivity contribution is 5.94. The largest absolute Gasteiger partial charge is 0.339 e. The van der Waals surface area contributed by atoms with Gasteiger partial charge in [0.25, 0.3) is 5.91 Å². The number of hydrogen-bond donors (Lipinski definition) is 0. The molecular formula is C13H16NO. The highest BCUT2D eigenvalue weighted by Crippen LogP contribution is 2.12. The third kappa shape index (κ3) is 2.58. The summed E-state index contributed by atoms with van der Waals surface area (Å²) in [5, 5.41) is 0. The van der Waals surface area contributed by atoms with Crippen molar-refractivity contribution in [2.75, 3.05) is 13.1 Å². The van der Waals surface area contributed by atoms with E-state index in [4.69, 9.17) is 0 Å². The van der Waals surface area contributed by atoms with Gasteiger partial charge in [-0.3, -0.25) is 4.79 Å². The van der Waals surface area contributed by atoms with Crippen LogP contribution >= 0.6 is 0 Å². The molecule has 2 rings (SSSR count).